The van der Waals surface area contributed by atoms with Crippen LogP contribution in [0.1, 0.15) is 26.3 Å². The minimum atomic E-state index is -0.470. The van der Waals surface area contributed by atoms with Crippen LogP contribution in [0, 0.1) is 5.82 Å². The van der Waals surface area contributed by atoms with Gasteiger partial charge in [-0.3, -0.25) is 9.78 Å². The zero-order chi connectivity index (χ0) is 17.5. The molecule has 2 aromatic heterocycles. The molecule has 3 rings (SSSR count). The molecule has 0 aliphatic rings. The number of aromatic amines is 1. The van der Waals surface area contributed by atoms with Crippen molar-refractivity contribution >= 4 is 28.6 Å². The van der Waals surface area contributed by atoms with Crippen molar-refractivity contribution in [1.29, 1.82) is 0 Å². The van der Waals surface area contributed by atoms with Crippen LogP contribution in [-0.2, 0) is 12.1 Å². The van der Waals surface area contributed by atoms with Crippen molar-refractivity contribution in [2.24, 2.45) is 0 Å². The SMILES string of the molecule is CC(C)(C)n1ncc2c(=O)[nH]c(NCc3ccc(F)c(Cl)c3)nc21. The molecule has 6 nitrogen and oxygen atoms in total. The average Bonchev–Trinajstić information content (AvgIpc) is 2.93. The number of H-pyrrole nitrogens is 1. The molecule has 0 radical (unpaired) electrons. The van der Waals surface area contributed by atoms with E-state index in [9.17, 15) is 9.18 Å². The third-order valence-corrected chi connectivity index (χ3v) is 3.81. The molecule has 8 heteroatoms. The number of fused-ring (bicyclic) bond motifs is 1. The smallest absolute Gasteiger partial charge is 0.263 e. The number of rotatable bonds is 3. The Balaban J connectivity index is 1.92. The third kappa shape index (κ3) is 3.12. The number of hydrogen-bond donors (Lipinski definition) is 2. The molecule has 2 heterocycles. The van der Waals surface area contributed by atoms with Crippen LogP contribution in [0.2, 0.25) is 5.02 Å². The molecule has 0 unspecified atom stereocenters. The molecule has 126 valence electrons. The van der Waals surface area contributed by atoms with Gasteiger partial charge in [-0.15, -0.1) is 0 Å². The first-order chi connectivity index (χ1) is 11.3. The van der Waals surface area contributed by atoms with Crippen LogP contribution < -0.4 is 10.9 Å². The van der Waals surface area contributed by atoms with Crippen molar-refractivity contribution < 1.29 is 4.39 Å². The lowest BCUT2D eigenvalue weighted by Gasteiger charge is -2.19. The Bertz CT molecular complexity index is 957. The van der Waals surface area contributed by atoms with Gasteiger partial charge >= 0.3 is 0 Å². The van der Waals surface area contributed by atoms with Crippen molar-refractivity contribution in [1.82, 2.24) is 19.7 Å². The molecule has 2 N–H and O–H groups in total. The highest BCUT2D eigenvalue weighted by molar-refractivity contribution is 6.30. The van der Waals surface area contributed by atoms with Gasteiger partial charge in [0.1, 0.15) is 11.2 Å². The van der Waals surface area contributed by atoms with E-state index in [4.69, 9.17) is 11.6 Å². The van der Waals surface area contributed by atoms with Gasteiger partial charge in [0.25, 0.3) is 5.56 Å². The molecule has 0 atom stereocenters. The minimum absolute atomic E-state index is 0.0528. The van der Waals surface area contributed by atoms with Gasteiger partial charge in [0, 0.05) is 6.54 Å². The summed E-state index contributed by atoms with van der Waals surface area (Å²) in [5.41, 5.74) is 0.708. The highest BCUT2D eigenvalue weighted by Crippen LogP contribution is 2.19. The van der Waals surface area contributed by atoms with Crippen molar-refractivity contribution in [2.45, 2.75) is 32.9 Å². The standard InChI is InChI=1S/C16H17ClFN5O/c1-16(2,3)23-13-10(8-20-23)14(24)22-15(21-13)19-7-9-4-5-12(18)11(17)6-9/h4-6,8H,7H2,1-3H3,(H2,19,21,22,24). The highest BCUT2D eigenvalue weighted by Gasteiger charge is 2.19. The Morgan fingerprint density at radius 3 is 2.79 bits per heavy atom. The van der Waals surface area contributed by atoms with Crippen LogP contribution >= 0.6 is 11.6 Å². The second-order valence-corrected chi connectivity index (χ2v) is 6.89. The molecule has 0 aliphatic heterocycles. The monoisotopic (exact) mass is 349 g/mol. The van der Waals surface area contributed by atoms with E-state index in [0.29, 0.717) is 23.5 Å². The Morgan fingerprint density at radius 2 is 2.12 bits per heavy atom. The van der Waals surface area contributed by atoms with Gasteiger partial charge < -0.3 is 5.32 Å². The van der Waals surface area contributed by atoms with Gasteiger partial charge in [-0.05, 0) is 38.5 Å². The van der Waals surface area contributed by atoms with Crippen LogP contribution in [0.25, 0.3) is 11.0 Å². The lowest BCUT2D eigenvalue weighted by atomic mass is 10.1. The summed E-state index contributed by atoms with van der Waals surface area (Å²) in [6.45, 7) is 6.29. The van der Waals surface area contributed by atoms with E-state index >= 15 is 0 Å². The third-order valence-electron chi connectivity index (χ3n) is 3.52. The summed E-state index contributed by atoms with van der Waals surface area (Å²) >= 11 is 5.77. The Morgan fingerprint density at radius 1 is 1.38 bits per heavy atom. The number of benzene rings is 1. The molecule has 0 bridgehead atoms. The number of aromatic nitrogens is 4. The summed E-state index contributed by atoms with van der Waals surface area (Å²) in [6, 6.07) is 4.44. The van der Waals surface area contributed by atoms with E-state index < -0.39 is 5.82 Å². The number of hydrogen-bond acceptors (Lipinski definition) is 4. The molecular formula is C16H17ClFN5O. The van der Waals surface area contributed by atoms with Crippen LogP contribution in [0.4, 0.5) is 10.3 Å². The van der Waals surface area contributed by atoms with E-state index in [1.807, 2.05) is 20.8 Å². The quantitative estimate of drug-likeness (QED) is 0.761. The second-order valence-electron chi connectivity index (χ2n) is 6.48. The number of nitrogens with one attached hydrogen (secondary N) is 2. The van der Waals surface area contributed by atoms with Crippen LogP contribution in [0.5, 0.6) is 0 Å². The lowest BCUT2D eigenvalue weighted by molar-refractivity contribution is 0.366. The van der Waals surface area contributed by atoms with E-state index in [-0.39, 0.29) is 16.1 Å². The van der Waals surface area contributed by atoms with Crippen LogP contribution in [0.15, 0.2) is 29.2 Å². The Labute approximate surface area is 142 Å². The van der Waals surface area contributed by atoms with Crippen molar-refractivity contribution in [3.63, 3.8) is 0 Å². The summed E-state index contributed by atoms with van der Waals surface area (Å²) in [4.78, 5) is 19.3. The summed E-state index contributed by atoms with van der Waals surface area (Å²) in [5.74, 6) is -0.151. The fourth-order valence-corrected chi connectivity index (χ4v) is 2.53. The molecule has 0 amide bonds. The predicted octanol–water partition coefficient (Wildman–Crippen LogP) is 3.28. The van der Waals surface area contributed by atoms with E-state index in [1.54, 1.807) is 10.7 Å². The predicted molar refractivity (Wildman–Crippen MR) is 91.9 cm³/mol. The van der Waals surface area contributed by atoms with Crippen molar-refractivity contribution in [3.05, 3.63) is 51.2 Å². The maximum Gasteiger partial charge on any atom is 0.263 e. The number of nitrogens with zero attached hydrogens (tertiary/aromatic N) is 3. The zero-order valence-corrected chi connectivity index (χ0v) is 14.3. The first kappa shape index (κ1) is 16.4. The van der Waals surface area contributed by atoms with E-state index in [2.05, 4.69) is 20.4 Å². The second kappa shape index (κ2) is 5.90. The molecule has 0 saturated heterocycles. The van der Waals surface area contributed by atoms with E-state index in [0.717, 1.165) is 5.56 Å². The van der Waals surface area contributed by atoms with Crippen molar-refractivity contribution in [3.8, 4) is 0 Å². The van der Waals surface area contributed by atoms with Gasteiger partial charge in [0.2, 0.25) is 5.95 Å². The van der Waals surface area contributed by atoms with E-state index in [1.165, 1.54) is 18.3 Å². The topological polar surface area (TPSA) is 75.6 Å². The Kier molecular flexibility index (Phi) is 4.04. The molecule has 0 fully saturated rings. The molecule has 0 aliphatic carbocycles. The average molecular weight is 350 g/mol. The normalized spacial score (nSPS) is 11.9. The fraction of sp³-hybridized carbons (Fsp3) is 0.312. The fourth-order valence-electron chi connectivity index (χ4n) is 2.33. The van der Waals surface area contributed by atoms with Gasteiger partial charge in [0.05, 0.1) is 16.8 Å². The molecule has 1 aromatic carbocycles. The highest BCUT2D eigenvalue weighted by atomic mass is 35.5. The van der Waals surface area contributed by atoms with Crippen molar-refractivity contribution in [2.75, 3.05) is 5.32 Å². The molecular weight excluding hydrogens is 333 g/mol. The molecule has 24 heavy (non-hydrogen) atoms. The van der Waals surface area contributed by atoms with Crippen LogP contribution in [0.3, 0.4) is 0 Å². The van der Waals surface area contributed by atoms with Crippen LogP contribution in [-0.4, -0.2) is 19.7 Å². The zero-order valence-electron chi connectivity index (χ0n) is 13.5. The maximum atomic E-state index is 13.2. The number of halogens is 2. The number of anilines is 1. The van der Waals surface area contributed by atoms with Gasteiger partial charge in [-0.2, -0.15) is 10.1 Å². The molecule has 0 spiro atoms. The summed E-state index contributed by atoms with van der Waals surface area (Å²) in [6.07, 6.45) is 1.51. The summed E-state index contributed by atoms with van der Waals surface area (Å²) < 4.78 is 14.9. The van der Waals surface area contributed by atoms with Gasteiger partial charge in [-0.25, -0.2) is 9.07 Å². The molecule has 0 saturated carbocycles. The largest absolute Gasteiger partial charge is 0.352 e. The first-order valence-corrected chi connectivity index (χ1v) is 7.80. The maximum absolute atomic E-state index is 13.2. The minimum Gasteiger partial charge on any atom is -0.352 e. The summed E-state index contributed by atoms with van der Waals surface area (Å²) in [7, 11) is 0. The Hall–Kier alpha value is -2.41. The lowest BCUT2D eigenvalue weighted by Crippen LogP contribution is -2.24. The first-order valence-electron chi connectivity index (χ1n) is 7.42. The molecule has 3 aromatic rings. The van der Waals surface area contributed by atoms with Gasteiger partial charge in [0.15, 0.2) is 5.65 Å². The summed E-state index contributed by atoms with van der Waals surface area (Å²) in [5, 5.41) is 7.76. The van der Waals surface area contributed by atoms with Gasteiger partial charge in [-0.1, -0.05) is 17.7 Å².